The van der Waals surface area contributed by atoms with Crippen molar-refractivity contribution in [1.82, 2.24) is 0 Å². The van der Waals surface area contributed by atoms with Gasteiger partial charge in [-0.25, -0.2) is 0 Å². The summed E-state index contributed by atoms with van der Waals surface area (Å²) in [5, 5.41) is 2.59. The van der Waals surface area contributed by atoms with Crippen LogP contribution in [0, 0.1) is 0 Å². The minimum atomic E-state index is -2.53. The molecule has 0 aliphatic carbocycles. The third-order valence-corrected chi connectivity index (χ3v) is 11.7. The van der Waals surface area contributed by atoms with Crippen molar-refractivity contribution in [2.24, 2.45) is 0 Å². The highest BCUT2D eigenvalue weighted by atomic mass is 28.4. The summed E-state index contributed by atoms with van der Waals surface area (Å²) in [6.07, 6.45) is 0. The molecule has 0 fully saturated rings. The Balaban J connectivity index is 1.49. The molecule has 0 atom stereocenters. The summed E-state index contributed by atoms with van der Waals surface area (Å²) in [5.41, 5.74) is 2.28. The van der Waals surface area contributed by atoms with E-state index in [1.54, 1.807) is 0 Å². The van der Waals surface area contributed by atoms with Gasteiger partial charge in [-0.1, -0.05) is 118 Å². The molecule has 0 aliphatic heterocycles. The van der Waals surface area contributed by atoms with Gasteiger partial charge in [0.05, 0.1) is 6.61 Å². The highest BCUT2D eigenvalue weighted by molar-refractivity contribution is 6.99. The Morgan fingerprint density at radius 3 is 1.81 bits per heavy atom. The number of ether oxygens (including phenoxy) is 1. The summed E-state index contributed by atoms with van der Waals surface area (Å²) in [7, 11) is -0.413. The molecular formula is C32H37NO2Si. The monoisotopic (exact) mass is 495 g/mol. The number of nitrogens with zero attached hydrogens (tertiary/aromatic N) is 1. The van der Waals surface area contributed by atoms with E-state index in [0.29, 0.717) is 13.2 Å². The van der Waals surface area contributed by atoms with E-state index in [9.17, 15) is 0 Å². The summed E-state index contributed by atoms with van der Waals surface area (Å²) < 4.78 is 13.1. The Kier molecular flexibility index (Phi) is 8.29. The third kappa shape index (κ3) is 5.89. The van der Waals surface area contributed by atoms with E-state index >= 15 is 0 Å². The van der Waals surface area contributed by atoms with Gasteiger partial charge in [0.15, 0.2) is 0 Å². The molecule has 0 aliphatic rings. The molecule has 0 saturated heterocycles. The quantitative estimate of drug-likeness (QED) is 0.242. The van der Waals surface area contributed by atoms with Crippen molar-refractivity contribution in [2.45, 2.75) is 32.4 Å². The summed E-state index contributed by atoms with van der Waals surface area (Å²) in [6, 6.07) is 40.2. The zero-order valence-electron chi connectivity index (χ0n) is 21.9. The first-order valence-electron chi connectivity index (χ1n) is 12.6. The standard InChI is InChI=1S/C32H37NO2Si/c1-32(2,3)36(30-19-10-6-11-20-30,31-21-12-7-13-22-31)35-24-23-33(4)28-17-14-18-29(25-28)34-26-27-15-8-5-9-16-27/h5-22,25H,23-24,26H2,1-4H3. The van der Waals surface area contributed by atoms with E-state index in [-0.39, 0.29) is 5.04 Å². The van der Waals surface area contributed by atoms with E-state index in [1.807, 2.05) is 24.3 Å². The summed E-state index contributed by atoms with van der Waals surface area (Å²) in [5.74, 6) is 0.871. The lowest BCUT2D eigenvalue weighted by Gasteiger charge is -2.43. The molecule has 36 heavy (non-hydrogen) atoms. The van der Waals surface area contributed by atoms with Crippen molar-refractivity contribution in [3.8, 4) is 5.75 Å². The summed E-state index contributed by atoms with van der Waals surface area (Å²) in [6.45, 7) is 8.93. The van der Waals surface area contributed by atoms with E-state index in [1.165, 1.54) is 10.4 Å². The topological polar surface area (TPSA) is 21.7 Å². The summed E-state index contributed by atoms with van der Waals surface area (Å²) in [4.78, 5) is 2.24. The zero-order chi connectivity index (χ0) is 25.4. The first kappa shape index (κ1) is 25.7. The highest BCUT2D eigenvalue weighted by Crippen LogP contribution is 2.36. The van der Waals surface area contributed by atoms with E-state index < -0.39 is 8.32 Å². The van der Waals surface area contributed by atoms with Crippen molar-refractivity contribution >= 4 is 24.4 Å². The van der Waals surface area contributed by atoms with Gasteiger partial charge < -0.3 is 14.1 Å². The molecule has 4 heteroatoms. The Morgan fingerprint density at radius 2 is 1.25 bits per heavy atom. The van der Waals surface area contributed by atoms with Gasteiger partial charge in [-0.3, -0.25) is 0 Å². The Labute approximate surface area is 217 Å². The van der Waals surface area contributed by atoms with Crippen molar-refractivity contribution in [2.75, 3.05) is 25.1 Å². The number of anilines is 1. The van der Waals surface area contributed by atoms with Crippen molar-refractivity contribution in [3.05, 3.63) is 121 Å². The van der Waals surface area contributed by atoms with Crippen molar-refractivity contribution < 1.29 is 9.16 Å². The zero-order valence-corrected chi connectivity index (χ0v) is 22.9. The fourth-order valence-corrected chi connectivity index (χ4v) is 9.33. The Bertz CT molecular complexity index is 1170. The third-order valence-electron chi connectivity index (χ3n) is 6.67. The second kappa shape index (κ2) is 11.6. The molecule has 0 aromatic heterocycles. The molecule has 4 aromatic carbocycles. The first-order valence-corrected chi connectivity index (χ1v) is 14.5. The van der Waals surface area contributed by atoms with Gasteiger partial charge in [0.1, 0.15) is 12.4 Å². The second-order valence-electron chi connectivity index (χ2n) is 10.2. The van der Waals surface area contributed by atoms with Gasteiger partial charge in [0.25, 0.3) is 8.32 Å². The van der Waals surface area contributed by atoms with Crippen LogP contribution in [0.15, 0.2) is 115 Å². The van der Waals surface area contributed by atoms with E-state index in [0.717, 1.165) is 23.5 Å². The average Bonchev–Trinajstić information content (AvgIpc) is 2.91. The number of benzene rings is 4. The number of rotatable bonds is 10. The van der Waals surface area contributed by atoms with Gasteiger partial charge in [-0.15, -0.1) is 0 Å². The predicted octanol–water partition coefficient (Wildman–Crippen LogP) is 6.28. The van der Waals surface area contributed by atoms with Crippen molar-refractivity contribution in [1.29, 1.82) is 0 Å². The van der Waals surface area contributed by atoms with E-state index in [4.69, 9.17) is 9.16 Å². The number of hydrogen-bond donors (Lipinski definition) is 0. The van der Waals surface area contributed by atoms with Gasteiger partial charge in [-0.2, -0.15) is 0 Å². The lowest BCUT2D eigenvalue weighted by molar-refractivity contribution is 0.303. The van der Waals surface area contributed by atoms with Crippen LogP contribution in [-0.4, -0.2) is 28.5 Å². The van der Waals surface area contributed by atoms with Crippen LogP contribution in [0.3, 0.4) is 0 Å². The molecule has 4 rings (SSSR count). The van der Waals surface area contributed by atoms with Crippen LogP contribution in [0.5, 0.6) is 5.75 Å². The fraction of sp³-hybridized carbons (Fsp3) is 0.250. The molecule has 0 bridgehead atoms. The normalized spacial score (nSPS) is 11.8. The number of hydrogen-bond acceptors (Lipinski definition) is 3. The fourth-order valence-electron chi connectivity index (χ4n) is 4.78. The Hall–Kier alpha value is -3.34. The molecular weight excluding hydrogens is 458 g/mol. The molecule has 3 nitrogen and oxygen atoms in total. The maximum Gasteiger partial charge on any atom is 0.261 e. The van der Waals surface area contributed by atoms with Crippen LogP contribution in [0.2, 0.25) is 5.04 Å². The highest BCUT2D eigenvalue weighted by Gasteiger charge is 2.50. The van der Waals surface area contributed by atoms with Crippen LogP contribution in [0.1, 0.15) is 26.3 Å². The van der Waals surface area contributed by atoms with Gasteiger partial charge >= 0.3 is 0 Å². The number of likely N-dealkylation sites (N-methyl/N-ethyl adjacent to an activating group) is 1. The smallest absolute Gasteiger partial charge is 0.261 e. The second-order valence-corrected chi connectivity index (χ2v) is 14.5. The Morgan fingerprint density at radius 1 is 0.694 bits per heavy atom. The molecule has 0 spiro atoms. The largest absolute Gasteiger partial charge is 0.489 e. The molecule has 0 N–H and O–H groups in total. The molecule has 4 aromatic rings. The molecule has 0 radical (unpaired) electrons. The minimum absolute atomic E-state index is 0.0283. The maximum absolute atomic E-state index is 7.06. The molecule has 0 heterocycles. The van der Waals surface area contributed by atoms with E-state index in [2.05, 4.69) is 124 Å². The van der Waals surface area contributed by atoms with Gasteiger partial charge in [-0.05, 0) is 33.1 Å². The molecule has 0 unspecified atom stereocenters. The SMILES string of the molecule is CN(CCO[Si](c1ccccc1)(c1ccccc1)C(C)(C)C)c1cccc(OCc2ccccc2)c1. The lowest BCUT2D eigenvalue weighted by Crippen LogP contribution is -2.67. The summed E-state index contributed by atoms with van der Waals surface area (Å²) >= 11 is 0. The van der Waals surface area contributed by atoms with Crippen LogP contribution in [0.4, 0.5) is 5.69 Å². The van der Waals surface area contributed by atoms with Crippen LogP contribution < -0.4 is 20.0 Å². The van der Waals surface area contributed by atoms with Crippen LogP contribution >= 0.6 is 0 Å². The van der Waals surface area contributed by atoms with Crippen LogP contribution in [0.25, 0.3) is 0 Å². The van der Waals surface area contributed by atoms with Crippen LogP contribution in [-0.2, 0) is 11.0 Å². The molecule has 186 valence electrons. The van der Waals surface area contributed by atoms with Gasteiger partial charge in [0, 0.05) is 25.3 Å². The van der Waals surface area contributed by atoms with Crippen molar-refractivity contribution in [3.63, 3.8) is 0 Å². The maximum atomic E-state index is 7.06. The molecule has 0 amide bonds. The van der Waals surface area contributed by atoms with Gasteiger partial charge in [0.2, 0.25) is 0 Å². The first-order chi connectivity index (χ1) is 17.4. The average molecular weight is 496 g/mol. The molecule has 0 saturated carbocycles. The minimum Gasteiger partial charge on any atom is -0.489 e. The lowest BCUT2D eigenvalue weighted by atomic mass is 10.2. The predicted molar refractivity (Wildman–Crippen MR) is 154 cm³/mol.